The van der Waals surface area contributed by atoms with Gasteiger partial charge in [-0.05, 0) is 25.7 Å². The summed E-state index contributed by atoms with van der Waals surface area (Å²) in [4.78, 5) is 14.4. The third-order valence-corrected chi connectivity index (χ3v) is 5.23. The number of carbonyl (C=O) groups excluding carboxylic acids is 1. The van der Waals surface area contributed by atoms with Gasteiger partial charge in [-0.15, -0.1) is 16.8 Å². The van der Waals surface area contributed by atoms with Crippen molar-refractivity contribution in [1.29, 1.82) is 0 Å². The minimum atomic E-state index is 0.230. The largest absolute Gasteiger partial charge is 0.342 e. The highest BCUT2D eigenvalue weighted by Crippen LogP contribution is 2.40. The number of thioether (sulfide) groups is 1. The lowest BCUT2D eigenvalue weighted by molar-refractivity contribution is -0.128. The van der Waals surface area contributed by atoms with Gasteiger partial charge < -0.3 is 9.47 Å². The zero-order valence-electron chi connectivity index (χ0n) is 13.0. The number of hydrogen-bond donors (Lipinski definition) is 0. The van der Waals surface area contributed by atoms with Crippen LogP contribution in [0.25, 0.3) is 0 Å². The summed E-state index contributed by atoms with van der Waals surface area (Å²) in [5, 5.41) is 9.46. The number of aromatic nitrogens is 3. The van der Waals surface area contributed by atoms with Crippen LogP contribution in [0.4, 0.5) is 0 Å². The zero-order valence-corrected chi connectivity index (χ0v) is 13.9. The maximum Gasteiger partial charge on any atom is 0.233 e. The summed E-state index contributed by atoms with van der Waals surface area (Å²) in [7, 11) is 0. The Labute approximate surface area is 136 Å². The Balaban J connectivity index is 1.60. The SMILES string of the molecule is C=CCn1c(SCC(=O)N2CCCCCC2)nnc1C1CC1. The van der Waals surface area contributed by atoms with Crippen LogP contribution in [-0.2, 0) is 11.3 Å². The number of rotatable bonds is 6. The molecule has 1 aliphatic carbocycles. The number of likely N-dealkylation sites (tertiary alicyclic amines) is 1. The van der Waals surface area contributed by atoms with Gasteiger partial charge in [-0.1, -0.05) is 30.7 Å². The fourth-order valence-corrected chi connectivity index (χ4v) is 3.75. The van der Waals surface area contributed by atoms with E-state index >= 15 is 0 Å². The zero-order chi connectivity index (χ0) is 15.4. The normalized spacial score (nSPS) is 19.0. The quantitative estimate of drug-likeness (QED) is 0.597. The molecule has 2 fully saturated rings. The molecule has 3 rings (SSSR count). The van der Waals surface area contributed by atoms with E-state index in [1.807, 2.05) is 11.0 Å². The van der Waals surface area contributed by atoms with Gasteiger partial charge in [-0.3, -0.25) is 4.79 Å². The monoisotopic (exact) mass is 320 g/mol. The minimum Gasteiger partial charge on any atom is -0.342 e. The second-order valence-corrected chi connectivity index (χ2v) is 7.04. The van der Waals surface area contributed by atoms with E-state index < -0.39 is 0 Å². The van der Waals surface area contributed by atoms with E-state index in [-0.39, 0.29) is 5.91 Å². The van der Waals surface area contributed by atoms with Gasteiger partial charge in [0.1, 0.15) is 5.82 Å². The Morgan fingerprint density at radius 2 is 1.95 bits per heavy atom. The molecule has 1 saturated carbocycles. The van der Waals surface area contributed by atoms with Gasteiger partial charge in [0.25, 0.3) is 0 Å². The van der Waals surface area contributed by atoms with Crippen LogP contribution in [-0.4, -0.2) is 44.4 Å². The number of nitrogens with zero attached hydrogens (tertiary/aromatic N) is 4. The minimum absolute atomic E-state index is 0.230. The molecular formula is C16H24N4OS. The van der Waals surface area contributed by atoms with Crippen molar-refractivity contribution in [3.63, 3.8) is 0 Å². The van der Waals surface area contributed by atoms with Crippen molar-refractivity contribution in [3.8, 4) is 0 Å². The number of hydrogen-bond acceptors (Lipinski definition) is 4. The van der Waals surface area contributed by atoms with Gasteiger partial charge in [-0.2, -0.15) is 0 Å². The van der Waals surface area contributed by atoms with E-state index in [9.17, 15) is 4.79 Å². The lowest BCUT2D eigenvalue weighted by Crippen LogP contribution is -2.33. The highest BCUT2D eigenvalue weighted by atomic mass is 32.2. The number of amides is 1. The molecule has 22 heavy (non-hydrogen) atoms. The molecule has 0 aromatic carbocycles. The molecule has 1 aromatic heterocycles. The highest BCUT2D eigenvalue weighted by molar-refractivity contribution is 7.99. The maximum absolute atomic E-state index is 12.4. The van der Waals surface area contributed by atoms with Crippen molar-refractivity contribution in [2.75, 3.05) is 18.8 Å². The highest BCUT2D eigenvalue weighted by Gasteiger charge is 2.30. The van der Waals surface area contributed by atoms with E-state index in [0.717, 1.165) is 43.5 Å². The van der Waals surface area contributed by atoms with Crippen molar-refractivity contribution in [3.05, 3.63) is 18.5 Å². The van der Waals surface area contributed by atoms with Gasteiger partial charge in [0, 0.05) is 25.6 Å². The molecule has 0 radical (unpaired) electrons. The molecule has 0 bridgehead atoms. The Morgan fingerprint density at radius 3 is 2.59 bits per heavy atom. The Morgan fingerprint density at radius 1 is 1.23 bits per heavy atom. The molecule has 120 valence electrons. The van der Waals surface area contributed by atoms with E-state index in [4.69, 9.17) is 0 Å². The van der Waals surface area contributed by atoms with Gasteiger partial charge in [-0.25, -0.2) is 0 Å². The smallest absolute Gasteiger partial charge is 0.233 e. The topological polar surface area (TPSA) is 51.0 Å². The fraction of sp³-hybridized carbons (Fsp3) is 0.688. The van der Waals surface area contributed by atoms with Crippen molar-refractivity contribution >= 4 is 17.7 Å². The number of allylic oxidation sites excluding steroid dienone is 1. The average molecular weight is 320 g/mol. The number of carbonyl (C=O) groups is 1. The molecule has 0 unspecified atom stereocenters. The van der Waals surface area contributed by atoms with Gasteiger partial charge in [0.05, 0.1) is 5.75 Å². The first-order valence-corrected chi connectivity index (χ1v) is 9.22. The lowest BCUT2D eigenvalue weighted by atomic mass is 10.2. The molecular weight excluding hydrogens is 296 g/mol. The summed E-state index contributed by atoms with van der Waals surface area (Å²) >= 11 is 1.51. The molecule has 1 aromatic rings. The molecule has 6 heteroatoms. The first kappa shape index (κ1) is 15.6. The van der Waals surface area contributed by atoms with Crippen LogP contribution in [0.2, 0.25) is 0 Å². The van der Waals surface area contributed by atoms with Crippen LogP contribution in [0.5, 0.6) is 0 Å². The Kier molecular flexibility index (Phi) is 5.18. The van der Waals surface area contributed by atoms with Gasteiger partial charge in [0.15, 0.2) is 5.16 Å². The predicted molar refractivity (Wildman–Crippen MR) is 88.0 cm³/mol. The Hall–Kier alpha value is -1.30. The van der Waals surface area contributed by atoms with Crippen molar-refractivity contribution < 1.29 is 4.79 Å². The average Bonchev–Trinajstić information content (AvgIpc) is 3.32. The Bertz CT molecular complexity index is 530. The second kappa shape index (κ2) is 7.31. The third-order valence-electron chi connectivity index (χ3n) is 4.28. The van der Waals surface area contributed by atoms with E-state index in [2.05, 4.69) is 21.3 Å². The van der Waals surface area contributed by atoms with Crippen LogP contribution in [0.15, 0.2) is 17.8 Å². The second-order valence-electron chi connectivity index (χ2n) is 6.10. The summed E-state index contributed by atoms with van der Waals surface area (Å²) in [6, 6.07) is 0. The molecule has 0 atom stereocenters. The van der Waals surface area contributed by atoms with E-state index in [0.29, 0.717) is 11.7 Å². The van der Waals surface area contributed by atoms with Crippen LogP contribution >= 0.6 is 11.8 Å². The molecule has 0 N–H and O–H groups in total. The van der Waals surface area contributed by atoms with Crippen LogP contribution in [0, 0.1) is 0 Å². The van der Waals surface area contributed by atoms with Crippen molar-refractivity contribution in [1.82, 2.24) is 19.7 Å². The summed E-state index contributed by atoms with van der Waals surface area (Å²) < 4.78 is 2.12. The molecule has 1 amide bonds. The summed E-state index contributed by atoms with van der Waals surface area (Å²) in [5.41, 5.74) is 0. The third kappa shape index (κ3) is 3.72. The van der Waals surface area contributed by atoms with E-state index in [1.165, 1.54) is 37.4 Å². The fourth-order valence-electron chi connectivity index (χ4n) is 2.89. The first-order chi connectivity index (χ1) is 10.8. The lowest BCUT2D eigenvalue weighted by Gasteiger charge is -2.19. The van der Waals surface area contributed by atoms with Gasteiger partial charge in [0.2, 0.25) is 5.91 Å². The van der Waals surface area contributed by atoms with E-state index in [1.54, 1.807) is 0 Å². The van der Waals surface area contributed by atoms with Crippen molar-refractivity contribution in [2.45, 2.75) is 56.1 Å². The van der Waals surface area contributed by atoms with Crippen LogP contribution in [0.3, 0.4) is 0 Å². The standard InChI is InChI=1S/C16H24N4OS/c1-2-9-20-15(13-7-8-13)17-18-16(20)22-12-14(21)19-10-5-3-4-6-11-19/h2,13H,1,3-12H2. The molecule has 1 aliphatic heterocycles. The predicted octanol–water partition coefficient (Wildman–Crippen LogP) is 2.84. The van der Waals surface area contributed by atoms with Gasteiger partial charge >= 0.3 is 0 Å². The molecule has 2 heterocycles. The summed E-state index contributed by atoms with van der Waals surface area (Å²) in [6.07, 6.45) is 9.03. The van der Waals surface area contributed by atoms with Crippen LogP contribution < -0.4 is 0 Å². The van der Waals surface area contributed by atoms with Crippen LogP contribution in [0.1, 0.15) is 50.3 Å². The summed E-state index contributed by atoms with van der Waals surface area (Å²) in [6.45, 7) is 6.35. The molecule has 2 aliphatic rings. The molecule has 5 nitrogen and oxygen atoms in total. The molecule has 1 saturated heterocycles. The first-order valence-electron chi connectivity index (χ1n) is 8.24. The maximum atomic E-state index is 12.4. The molecule has 0 spiro atoms. The van der Waals surface area contributed by atoms with Crippen molar-refractivity contribution in [2.24, 2.45) is 0 Å². The summed E-state index contributed by atoms with van der Waals surface area (Å²) in [5.74, 6) is 2.31.